The van der Waals surface area contributed by atoms with Crippen LogP contribution < -0.4 is 20.4 Å². The van der Waals surface area contributed by atoms with Gasteiger partial charge < -0.3 is 50.0 Å². The molecule has 0 aliphatic rings. The first-order valence-electron chi connectivity index (χ1n) is 6.53. The molecule has 0 aromatic heterocycles. The van der Waals surface area contributed by atoms with Gasteiger partial charge in [0.25, 0.3) is 0 Å². The topological polar surface area (TPSA) is 207 Å². The molecule has 12 nitrogen and oxygen atoms in total. The fourth-order valence-electron chi connectivity index (χ4n) is 1.10. The van der Waals surface area contributed by atoms with Gasteiger partial charge in [0.15, 0.2) is 0 Å². The number of hydroxylamine groups is 4. The summed E-state index contributed by atoms with van der Waals surface area (Å²) in [5.41, 5.74) is 0. The Labute approximate surface area is 155 Å². The minimum atomic E-state index is -1.55. The first-order valence-corrected chi connectivity index (χ1v) is 6.53. The number of rotatable bonds is 8. The van der Waals surface area contributed by atoms with E-state index < -0.39 is 48.0 Å². The molecule has 0 bridgehead atoms. The zero-order chi connectivity index (χ0) is 19.8. The summed E-state index contributed by atoms with van der Waals surface area (Å²) < 4.78 is 0. The molecule has 0 heterocycles. The van der Waals surface area contributed by atoms with E-state index >= 15 is 0 Å². The molecule has 13 heteroatoms. The van der Waals surface area contributed by atoms with E-state index in [0.29, 0.717) is 0 Å². The van der Waals surface area contributed by atoms with Crippen molar-refractivity contribution in [3.63, 3.8) is 0 Å². The van der Waals surface area contributed by atoms with Crippen LogP contribution in [0.3, 0.4) is 0 Å². The van der Waals surface area contributed by atoms with Crippen molar-refractivity contribution in [1.82, 2.24) is 10.1 Å². The van der Waals surface area contributed by atoms with Gasteiger partial charge in [0, 0.05) is 0 Å². The Balaban J connectivity index is -0.000000372. The van der Waals surface area contributed by atoms with Gasteiger partial charge in [0.1, 0.15) is 0 Å². The SMILES string of the molecule is CC(C(=O)[O-])N(O)C(C)C(=O)[O-].CC(C(=O)[O-])N(O)C(C)C(=O)[O-].[V+4]. The van der Waals surface area contributed by atoms with Crippen LogP contribution in [0.1, 0.15) is 27.7 Å². The molecule has 4 unspecified atom stereocenters. The third-order valence-corrected chi connectivity index (χ3v) is 2.95. The molecule has 25 heavy (non-hydrogen) atoms. The summed E-state index contributed by atoms with van der Waals surface area (Å²) in [6, 6.07) is -5.51. The summed E-state index contributed by atoms with van der Waals surface area (Å²) in [7, 11) is 0. The maximum absolute atomic E-state index is 10.1. The molecule has 0 aliphatic heterocycles. The zero-order valence-electron chi connectivity index (χ0n) is 13.8. The number of hydrogen-bond donors (Lipinski definition) is 2. The van der Waals surface area contributed by atoms with E-state index in [1.807, 2.05) is 0 Å². The average Bonchev–Trinajstić information content (AvgIpc) is 2.50. The quantitative estimate of drug-likeness (QED) is 0.364. The van der Waals surface area contributed by atoms with Crippen LogP contribution in [-0.4, -0.2) is 68.6 Å². The molecule has 0 amide bonds. The van der Waals surface area contributed by atoms with Crippen molar-refractivity contribution in [3.8, 4) is 0 Å². The van der Waals surface area contributed by atoms with Gasteiger partial charge in [-0.15, -0.1) is 0 Å². The maximum atomic E-state index is 10.1. The largest absolute Gasteiger partial charge is 4.00 e. The normalized spacial score (nSPS) is 15.0. The molecule has 2 N–H and O–H groups in total. The molecular formula is C12H18N2O10V. The van der Waals surface area contributed by atoms with E-state index in [-0.39, 0.29) is 28.7 Å². The van der Waals surface area contributed by atoms with Gasteiger partial charge in [0.05, 0.1) is 48.0 Å². The van der Waals surface area contributed by atoms with Crippen LogP contribution >= 0.6 is 0 Å². The van der Waals surface area contributed by atoms with Crippen molar-refractivity contribution in [1.29, 1.82) is 0 Å². The van der Waals surface area contributed by atoms with Crippen LogP contribution in [0, 0.1) is 0 Å². The predicted molar refractivity (Wildman–Crippen MR) is 65.1 cm³/mol. The smallest absolute Gasteiger partial charge is 0.548 e. The fourth-order valence-corrected chi connectivity index (χ4v) is 1.10. The van der Waals surface area contributed by atoms with Gasteiger partial charge in [-0.3, -0.25) is 0 Å². The van der Waals surface area contributed by atoms with Crippen molar-refractivity contribution < 1.29 is 68.6 Å². The van der Waals surface area contributed by atoms with Crippen LogP contribution in [0.15, 0.2) is 0 Å². The molecule has 0 saturated heterocycles. The van der Waals surface area contributed by atoms with Crippen LogP contribution in [0.5, 0.6) is 0 Å². The Morgan fingerprint density at radius 3 is 0.800 bits per heavy atom. The van der Waals surface area contributed by atoms with E-state index in [0.717, 1.165) is 27.7 Å². The van der Waals surface area contributed by atoms with Crippen molar-refractivity contribution in [3.05, 3.63) is 0 Å². The van der Waals surface area contributed by atoms with Gasteiger partial charge in [-0.2, -0.15) is 10.1 Å². The van der Waals surface area contributed by atoms with Crippen molar-refractivity contribution in [2.75, 3.05) is 0 Å². The van der Waals surface area contributed by atoms with Crippen LogP contribution in [-0.2, 0) is 37.7 Å². The molecular weight excluding hydrogens is 383 g/mol. The number of carboxylic acids is 4. The molecule has 141 valence electrons. The molecule has 0 aromatic carbocycles. The number of carboxylic acid groups (broad SMARTS) is 4. The van der Waals surface area contributed by atoms with Gasteiger partial charge in [-0.25, -0.2) is 0 Å². The first-order chi connectivity index (χ1) is 10.7. The second kappa shape index (κ2) is 12.6. The number of hydrogen-bond acceptors (Lipinski definition) is 12. The summed E-state index contributed by atoms with van der Waals surface area (Å²) in [6.07, 6.45) is 0. The molecule has 0 aromatic rings. The number of carbonyl (C=O) groups excluding carboxylic acids is 4. The predicted octanol–water partition coefficient (Wildman–Crippen LogP) is -6.09. The Hall–Kier alpha value is -1.70. The molecule has 1 radical (unpaired) electrons. The summed E-state index contributed by atoms with van der Waals surface area (Å²) in [5.74, 6) is -6.20. The minimum absolute atomic E-state index is 0. The Morgan fingerprint density at radius 1 is 0.600 bits per heavy atom. The zero-order valence-corrected chi connectivity index (χ0v) is 15.2. The van der Waals surface area contributed by atoms with E-state index in [1.54, 1.807) is 0 Å². The summed E-state index contributed by atoms with van der Waals surface area (Å²) in [4.78, 5) is 40.6. The standard InChI is InChI=1S/2C6H11NO5.V/c2*1-3(5(8)9)7(12)4(2)6(10)11;/h2*3-4,12H,1-2H3,(H,8,9)(H,10,11);/q;;+4/p-4. The van der Waals surface area contributed by atoms with Gasteiger partial charge in [0.2, 0.25) is 0 Å². The van der Waals surface area contributed by atoms with E-state index in [2.05, 4.69) is 0 Å². The molecule has 4 atom stereocenters. The van der Waals surface area contributed by atoms with E-state index in [9.17, 15) is 39.6 Å². The summed E-state index contributed by atoms with van der Waals surface area (Å²) >= 11 is 0. The van der Waals surface area contributed by atoms with Gasteiger partial charge in [-0.1, -0.05) is 0 Å². The Morgan fingerprint density at radius 2 is 0.720 bits per heavy atom. The van der Waals surface area contributed by atoms with Crippen molar-refractivity contribution in [2.45, 2.75) is 51.9 Å². The maximum Gasteiger partial charge on any atom is 4.00 e. The Bertz CT molecular complexity index is 393. The van der Waals surface area contributed by atoms with Crippen LogP contribution in [0.2, 0.25) is 0 Å². The van der Waals surface area contributed by atoms with Crippen LogP contribution in [0.4, 0.5) is 0 Å². The van der Waals surface area contributed by atoms with E-state index in [4.69, 9.17) is 10.4 Å². The first kappa shape index (κ1) is 28.1. The van der Waals surface area contributed by atoms with Crippen LogP contribution in [0.25, 0.3) is 0 Å². The summed E-state index contributed by atoms with van der Waals surface area (Å²) in [5, 5.41) is 58.7. The summed E-state index contributed by atoms with van der Waals surface area (Å²) in [6.45, 7) is 4.42. The molecule has 0 fully saturated rings. The van der Waals surface area contributed by atoms with Gasteiger partial charge in [-0.05, 0) is 27.7 Å². The second-order valence-electron chi connectivity index (χ2n) is 4.74. The van der Waals surface area contributed by atoms with Gasteiger partial charge >= 0.3 is 18.6 Å². The third kappa shape index (κ3) is 10.0. The monoisotopic (exact) mass is 401 g/mol. The van der Waals surface area contributed by atoms with E-state index in [1.165, 1.54) is 0 Å². The average molecular weight is 401 g/mol. The number of aliphatic carboxylic acids is 4. The molecule has 0 aliphatic carbocycles. The van der Waals surface area contributed by atoms with Crippen molar-refractivity contribution in [2.24, 2.45) is 0 Å². The third-order valence-electron chi connectivity index (χ3n) is 2.95. The molecule has 0 spiro atoms. The second-order valence-corrected chi connectivity index (χ2v) is 4.74. The van der Waals surface area contributed by atoms with Crippen molar-refractivity contribution >= 4 is 23.9 Å². The molecule has 0 saturated carbocycles. The fraction of sp³-hybridized carbons (Fsp3) is 0.667. The molecule has 0 rings (SSSR count). The number of nitrogens with zero attached hydrogens (tertiary/aromatic N) is 2. The Kier molecular flexibility index (Phi) is 14.2. The minimum Gasteiger partial charge on any atom is -0.548 e. The number of carbonyl (C=O) groups is 4.